The Morgan fingerprint density at radius 2 is 1.79 bits per heavy atom. The molecule has 0 unspecified atom stereocenters. The molecule has 0 saturated heterocycles. The number of anilines is 1. The lowest BCUT2D eigenvalue weighted by Crippen LogP contribution is -2.05. The lowest BCUT2D eigenvalue weighted by atomic mass is 10.0. The molecule has 3 nitrogen and oxygen atoms in total. The molecule has 24 heavy (non-hydrogen) atoms. The molecule has 122 valence electrons. The van der Waals surface area contributed by atoms with Gasteiger partial charge < -0.3 is 5.32 Å². The molecule has 1 N–H and O–H groups in total. The Morgan fingerprint density at radius 1 is 1.04 bits per heavy atom. The van der Waals surface area contributed by atoms with Crippen molar-refractivity contribution in [3.8, 4) is 16.9 Å². The lowest BCUT2D eigenvalue weighted by molar-refractivity contribution is 0.875. The number of aromatic nitrogens is 2. The highest BCUT2D eigenvalue weighted by atomic mass is 35.5. The first-order valence-corrected chi connectivity index (χ1v) is 8.61. The quantitative estimate of drug-likeness (QED) is 0.706. The summed E-state index contributed by atoms with van der Waals surface area (Å²) in [6.45, 7) is 7.29. The van der Waals surface area contributed by atoms with Gasteiger partial charge >= 0.3 is 0 Å². The summed E-state index contributed by atoms with van der Waals surface area (Å²) < 4.78 is 2.03. The van der Waals surface area contributed by atoms with Crippen LogP contribution < -0.4 is 5.32 Å². The van der Waals surface area contributed by atoms with Crippen LogP contribution in [0.25, 0.3) is 16.9 Å². The fourth-order valence-corrected chi connectivity index (χ4v) is 3.78. The number of nitrogens with zero attached hydrogens (tertiary/aromatic N) is 2. The van der Waals surface area contributed by atoms with Gasteiger partial charge in [0.1, 0.15) is 5.82 Å². The van der Waals surface area contributed by atoms with Gasteiger partial charge in [-0.2, -0.15) is 5.10 Å². The molecule has 0 aliphatic carbocycles. The highest BCUT2D eigenvalue weighted by Crippen LogP contribution is 2.36. The third-order valence-electron chi connectivity index (χ3n) is 4.53. The molecule has 0 saturated carbocycles. The maximum atomic E-state index is 6.11. The Labute approximate surface area is 147 Å². The maximum Gasteiger partial charge on any atom is 0.133 e. The van der Waals surface area contributed by atoms with Crippen LogP contribution in [0, 0.1) is 20.8 Å². The third-order valence-corrected chi connectivity index (χ3v) is 4.77. The average molecular weight is 338 g/mol. The number of hydrogen-bond acceptors (Lipinski definition) is 2. The van der Waals surface area contributed by atoms with Crippen LogP contribution in [-0.4, -0.2) is 16.3 Å². The van der Waals surface area contributed by atoms with Crippen molar-refractivity contribution in [3.05, 3.63) is 63.7 Å². The molecule has 1 aliphatic heterocycles. The van der Waals surface area contributed by atoms with Gasteiger partial charge in [-0.1, -0.05) is 28.8 Å². The second-order valence-electron chi connectivity index (χ2n) is 6.57. The van der Waals surface area contributed by atoms with Crippen LogP contribution in [0.2, 0.25) is 5.02 Å². The highest BCUT2D eigenvalue weighted by Gasteiger charge is 2.24. The van der Waals surface area contributed by atoms with Crippen LogP contribution in [0.3, 0.4) is 0 Å². The topological polar surface area (TPSA) is 29.9 Å². The first-order valence-electron chi connectivity index (χ1n) is 8.24. The summed E-state index contributed by atoms with van der Waals surface area (Å²) in [5.41, 5.74) is 8.29. The normalized spacial score (nSPS) is 13.0. The Balaban J connectivity index is 1.92. The minimum absolute atomic E-state index is 0.752. The summed E-state index contributed by atoms with van der Waals surface area (Å²) in [5.74, 6) is 1.11. The fourth-order valence-electron chi connectivity index (χ4n) is 3.55. The van der Waals surface area contributed by atoms with E-state index < -0.39 is 0 Å². The van der Waals surface area contributed by atoms with Gasteiger partial charge in [0.2, 0.25) is 0 Å². The van der Waals surface area contributed by atoms with E-state index in [2.05, 4.69) is 44.3 Å². The molecular formula is C20H20ClN3. The van der Waals surface area contributed by atoms with Crippen molar-refractivity contribution < 1.29 is 0 Å². The van der Waals surface area contributed by atoms with Gasteiger partial charge in [0.05, 0.1) is 11.4 Å². The lowest BCUT2D eigenvalue weighted by Gasteiger charge is -2.10. The van der Waals surface area contributed by atoms with E-state index in [0.717, 1.165) is 40.8 Å². The zero-order chi connectivity index (χ0) is 16.8. The van der Waals surface area contributed by atoms with E-state index in [1.807, 2.05) is 22.9 Å². The number of halogens is 1. The van der Waals surface area contributed by atoms with Crippen LogP contribution in [0.1, 0.15) is 22.3 Å². The molecule has 0 bridgehead atoms. The highest BCUT2D eigenvalue weighted by molar-refractivity contribution is 6.30. The zero-order valence-electron chi connectivity index (χ0n) is 14.2. The molecule has 4 rings (SSSR count). The number of aryl methyl sites for hydroxylation is 3. The van der Waals surface area contributed by atoms with Crippen LogP contribution in [0.5, 0.6) is 0 Å². The monoisotopic (exact) mass is 337 g/mol. The second kappa shape index (κ2) is 5.67. The van der Waals surface area contributed by atoms with E-state index in [0.29, 0.717) is 0 Å². The largest absolute Gasteiger partial charge is 0.369 e. The standard InChI is InChI=1S/C20H20ClN3/c1-12-8-13(2)10-15(9-12)19-17-6-7-22-20(17)24(23-19)18-5-4-16(21)11-14(18)3/h4-5,8-11,22H,6-7H2,1-3H3. The van der Waals surface area contributed by atoms with Gasteiger partial charge in [0.15, 0.2) is 0 Å². The van der Waals surface area contributed by atoms with Crippen molar-refractivity contribution in [2.24, 2.45) is 0 Å². The van der Waals surface area contributed by atoms with Gasteiger partial charge in [0, 0.05) is 22.7 Å². The van der Waals surface area contributed by atoms with E-state index in [1.165, 1.54) is 22.3 Å². The number of hydrogen-bond donors (Lipinski definition) is 1. The summed E-state index contributed by atoms with van der Waals surface area (Å²) in [5, 5.41) is 9.20. The molecule has 4 heteroatoms. The van der Waals surface area contributed by atoms with Crippen molar-refractivity contribution in [1.29, 1.82) is 0 Å². The first-order chi connectivity index (χ1) is 11.5. The van der Waals surface area contributed by atoms with Crippen molar-refractivity contribution in [2.45, 2.75) is 27.2 Å². The molecule has 1 aliphatic rings. The van der Waals surface area contributed by atoms with E-state index in [9.17, 15) is 0 Å². The van der Waals surface area contributed by atoms with Crippen molar-refractivity contribution in [3.63, 3.8) is 0 Å². The molecule has 2 aromatic carbocycles. The van der Waals surface area contributed by atoms with Gasteiger partial charge in [-0.05, 0) is 63.1 Å². The Morgan fingerprint density at radius 3 is 2.50 bits per heavy atom. The van der Waals surface area contributed by atoms with Crippen LogP contribution in [0.4, 0.5) is 5.82 Å². The molecule has 3 aromatic rings. The summed E-state index contributed by atoms with van der Waals surface area (Å²) >= 11 is 6.11. The van der Waals surface area contributed by atoms with E-state index in [4.69, 9.17) is 16.7 Å². The maximum absolute atomic E-state index is 6.11. The SMILES string of the molecule is Cc1cc(C)cc(-c2nn(-c3ccc(Cl)cc3C)c3c2CCN3)c1. The number of rotatable bonds is 2. The molecule has 1 aromatic heterocycles. The summed E-state index contributed by atoms with van der Waals surface area (Å²) in [6.07, 6.45) is 1.00. The van der Waals surface area contributed by atoms with E-state index in [1.54, 1.807) is 0 Å². The van der Waals surface area contributed by atoms with Gasteiger partial charge in [0.25, 0.3) is 0 Å². The van der Waals surface area contributed by atoms with E-state index >= 15 is 0 Å². The Kier molecular flexibility index (Phi) is 3.61. The van der Waals surface area contributed by atoms with Crippen molar-refractivity contribution in [1.82, 2.24) is 9.78 Å². The second-order valence-corrected chi connectivity index (χ2v) is 7.01. The van der Waals surface area contributed by atoms with Crippen LogP contribution >= 0.6 is 11.6 Å². The molecule has 0 radical (unpaired) electrons. The minimum Gasteiger partial charge on any atom is -0.369 e. The Bertz CT molecular complexity index is 920. The van der Waals surface area contributed by atoms with Gasteiger partial charge in [-0.15, -0.1) is 0 Å². The predicted molar refractivity (Wildman–Crippen MR) is 100 cm³/mol. The summed E-state index contributed by atoms with van der Waals surface area (Å²) in [6, 6.07) is 12.6. The molecule has 0 fully saturated rings. The van der Waals surface area contributed by atoms with Gasteiger partial charge in [-0.25, -0.2) is 4.68 Å². The first kappa shape index (κ1) is 15.3. The summed E-state index contributed by atoms with van der Waals surface area (Å²) in [4.78, 5) is 0. The zero-order valence-corrected chi connectivity index (χ0v) is 14.9. The molecule has 0 spiro atoms. The van der Waals surface area contributed by atoms with Gasteiger partial charge in [-0.3, -0.25) is 0 Å². The minimum atomic E-state index is 0.752. The predicted octanol–water partition coefficient (Wildman–Crippen LogP) is 5.09. The molecular weight excluding hydrogens is 318 g/mol. The fraction of sp³-hybridized carbons (Fsp3) is 0.250. The summed E-state index contributed by atoms with van der Waals surface area (Å²) in [7, 11) is 0. The number of nitrogens with one attached hydrogen (secondary N) is 1. The number of fused-ring (bicyclic) bond motifs is 1. The molecule has 0 atom stereocenters. The smallest absolute Gasteiger partial charge is 0.133 e. The van der Waals surface area contributed by atoms with Crippen molar-refractivity contribution >= 4 is 17.4 Å². The molecule has 0 amide bonds. The van der Waals surface area contributed by atoms with Crippen LogP contribution in [-0.2, 0) is 6.42 Å². The van der Waals surface area contributed by atoms with Crippen LogP contribution in [0.15, 0.2) is 36.4 Å². The third kappa shape index (κ3) is 2.49. The average Bonchev–Trinajstić information content (AvgIpc) is 3.09. The van der Waals surface area contributed by atoms with Crippen molar-refractivity contribution in [2.75, 3.05) is 11.9 Å². The number of benzene rings is 2. The Hall–Kier alpha value is -2.26. The van der Waals surface area contributed by atoms with E-state index in [-0.39, 0.29) is 0 Å². The molecule has 2 heterocycles.